The third-order valence-electron chi connectivity index (χ3n) is 5.46. The molecular formula is C25H49O6P. The molecule has 0 saturated heterocycles. The second kappa shape index (κ2) is 23.6. The lowest BCUT2D eigenvalue weighted by Gasteiger charge is -2.06. The molecule has 7 heteroatoms. The van der Waals surface area contributed by atoms with E-state index in [0.717, 1.165) is 12.8 Å². The normalized spacial score (nSPS) is 12.1. The number of carbonyl (C=O) groups is 1. The average Bonchev–Trinajstić information content (AvgIpc) is 2.75. The van der Waals surface area contributed by atoms with Crippen LogP contribution in [-0.4, -0.2) is 35.4 Å². The van der Waals surface area contributed by atoms with Gasteiger partial charge in [-0.15, -0.1) is 0 Å². The van der Waals surface area contributed by atoms with Gasteiger partial charge in [0, 0.05) is 6.61 Å². The van der Waals surface area contributed by atoms with Crippen LogP contribution in [0.5, 0.6) is 0 Å². The molecule has 0 saturated carbocycles. The number of rotatable bonds is 25. The van der Waals surface area contributed by atoms with E-state index in [0.29, 0.717) is 6.61 Å². The summed E-state index contributed by atoms with van der Waals surface area (Å²) in [7, 11) is -4.58. The van der Waals surface area contributed by atoms with Crippen molar-refractivity contribution in [3.05, 3.63) is 12.2 Å². The van der Waals surface area contributed by atoms with Gasteiger partial charge in [0.15, 0.2) is 5.78 Å². The number of phosphoric ester groups is 1. The number of ketones is 1. The molecule has 190 valence electrons. The van der Waals surface area contributed by atoms with Crippen molar-refractivity contribution in [3.8, 4) is 0 Å². The van der Waals surface area contributed by atoms with Gasteiger partial charge in [0.1, 0.15) is 13.2 Å². The molecule has 0 spiro atoms. The summed E-state index contributed by atoms with van der Waals surface area (Å²) >= 11 is 0. The number of Topliss-reactive ketones (excluding diaryl/α,β-unsaturated/α-hetero) is 1. The number of hydrogen-bond acceptors (Lipinski definition) is 4. The number of carbonyl (C=O) groups excluding carboxylic acids is 1. The lowest BCUT2D eigenvalue weighted by atomic mass is 10.1. The first-order valence-electron chi connectivity index (χ1n) is 12.9. The summed E-state index contributed by atoms with van der Waals surface area (Å²) in [6.45, 7) is 1.99. The lowest BCUT2D eigenvalue weighted by molar-refractivity contribution is -0.126. The fourth-order valence-corrected chi connectivity index (χ4v) is 3.85. The number of phosphoric acid groups is 1. The summed E-state index contributed by atoms with van der Waals surface area (Å²) in [6.07, 6.45) is 27.9. The molecule has 0 radical (unpaired) electrons. The minimum Gasteiger partial charge on any atom is -0.374 e. The monoisotopic (exact) mass is 476 g/mol. The zero-order valence-electron chi connectivity index (χ0n) is 20.5. The smallest absolute Gasteiger partial charge is 0.374 e. The highest BCUT2D eigenvalue weighted by Gasteiger charge is 2.16. The zero-order chi connectivity index (χ0) is 23.8. The Hall–Kier alpha value is -0.520. The van der Waals surface area contributed by atoms with Gasteiger partial charge in [0.25, 0.3) is 0 Å². The van der Waals surface area contributed by atoms with E-state index in [1.807, 2.05) is 0 Å². The number of unbranched alkanes of at least 4 members (excludes halogenated alkanes) is 16. The van der Waals surface area contributed by atoms with Crippen molar-refractivity contribution < 1.29 is 28.4 Å². The van der Waals surface area contributed by atoms with Crippen LogP contribution in [0.3, 0.4) is 0 Å². The minimum atomic E-state index is -4.58. The van der Waals surface area contributed by atoms with Gasteiger partial charge in [-0.3, -0.25) is 9.32 Å². The molecule has 0 aliphatic rings. The molecule has 0 bridgehead atoms. The summed E-state index contributed by atoms with van der Waals surface area (Å²) in [6, 6.07) is 0. The van der Waals surface area contributed by atoms with Crippen LogP contribution >= 0.6 is 7.82 Å². The van der Waals surface area contributed by atoms with Gasteiger partial charge >= 0.3 is 7.82 Å². The summed E-state index contributed by atoms with van der Waals surface area (Å²) in [5.74, 6) is -0.461. The number of hydrogen-bond donors (Lipinski definition) is 2. The quantitative estimate of drug-likeness (QED) is 0.0817. The van der Waals surface area contributed by atoms with Crippen molar-refractivity contribution in [1.82, 2.24) is 0 Å². The zero-order valence-corrected chi connectivity index (χ0v) is 21.4. The van der Waals surface area contributed by atoms with Gasteiger partial charge < -0.3 is 14.5 Å². The molecule has 32 heavy (non-hydrogen) atoms. The number of allylic oxidation sites excluding steroid dienone is 2. The maximum atomic E-state index is 11.3. The van der Waals surface area contributed by atoms with Crippen LogP contribution < -0.4 is 0 Å². The third kappa shape index (κ3) is 27.5. The lowest BCUT2D eigenvalue weighted by Crippen LogP contribution is -2.15. The van der Waals surface area contributed by atoms with Crippen LogP contribution in [0, 0.1) is 0 Å². The van der Waals surface area contributed by atoms with Gasteiger partial charge in [0.2, 0.25) is 0 Å². The van der Waals surface area contributed by atoms with Crippen LogP contribution in [0.2, 0.25) is 0 Å². The van der Waals surface area contributed by atoms with E-state index in [1.165, 1.54) is 103 Å². The Morgan fingerprint density at radius 3 is 1.59 bits per heavy atom. The predicted molar refractivity (Wildman–Crippen MR) is 132 cm³/mol. The van der Waals surface area contributed by atoms with E-state index in [9.17, 15) is 9.36 Å². The maximum absolute atomic E-state index is 11.3. The van der Waals surface area contributed by atoms with Crippen molar-refractivity contribution in [1.29, 1.82) is 0 Å². The summed E-state index contributed by atoms with van der Waals surface area (Å²) in [5.41, 5.74) is 0. The molecule has 0 aromatic heterocycles. The summed E-state index contributed by atoms with van der Waals surface area (Å²) in [5, 5.41) is 0. The fourth-order valence-electron chi connectivity index (χ4n) is 3.54. The summed E-state index contributed by atoms with van der Waals surface area (Å²) in [4.78, 5) is 28.3. The molecule has 0 heterocycles. The molecule has 0 aliphatic carbocycles. The van der Waals surface area contributed by atoms with E-state index in [2.05, 4.69) is 23.6 Å². The van der Waals surface area contributed by atoms with E-state index in [1.54, 1.807) is 0 Å². The highest BCUT2D eigenvalue weighted by atomic mass is 31.2. The van der Waals surface area contributed by atoms with Crippen molar-refractivity contribution in [2.24, 2.45) is 0 Å². The molecule has 6 nitrogen and oxygen atoms in total. The second-order valence-electron chi connectivity index (χ2n) is 8.71. The molecule has 0 unspecified atom stereocenters. The van der Waals surface area contributed by atoms with E-state index in [4.69, 9.17) is 14.5 Å². The number of ether oxygens (including phenoxy) is 1. The SMILES string of the molecule is CCCCCCCC/C=C\CCCCCCCCCCCCOCC(=O)COP(=O)(O)O. The van der Waals surface area contributed by atoms with E-state index < -0.39 is 20.2 Å². The Morgan fingerprint density at radius 1 is 0.688 bits per heavy atom. The highest BCUT2D eigenvalue weighted by Crippen LogP contribution is 2.35. The van der Waals surface area contributed by atoms with Crippen LogP contribution in [0.1, 0.15) is 122 Å². The fraction of sp³-hybridized carbons (Fsp3) is 0.880. The molecule has 0 aliphatic heterocycles. The molecule has 0 atom stereocenters. The Bertz CT molecular complexity index is 489. The topological polar surface area (TPSA) is 93.1 Å². The first-order chi connectivity index (χ1) is 15.5. The Kier molecular flexibility index (Phi) is 23.2. The highest BCUT2D eigenvalue weighted by molar-refractivity contribution is 7.46. The molecule has 2 N–H and O–H groups in total. The standard InChI is InChI=1S/C25H49O6P/c1-2-3-4-5-6-7-8-9-10-11-12-13-14-15-16-17-18-19-20-21-22-30-23-25(26)24-31-32(27,28)29/h9-10H,2-8,11-24H2,1H3,(H2,27,28,29)/b10-9-. The Morgan fingerprint density at radius 2 is 1.12 bits per heavy atom. The third-order valence-corrected chi connectivity index (χ3v) is 5.92. The molecule has 0 amide bonds. The van der Waals surface area contributed by atoms with Gasteiger partial charge in [0.05, 0.1) is 0 Å². The largest absolute Gasteiger partial charge is 0.470 e. The first kappa shape index (κ1) is 31.5. The molecule has 0 aromatic rings. The average molecular weight is 477 g/mol. The van der Waals surface area contributed by atoms with E-state index >= 15 is 0 Å². The van der Waals surface area contributed by atoms with Gasteiger partial charge in [-0.05, 0) is 32.1 Å². The second-order valence-corrected chi connectivity index (χ2v) is 9.95. The van der Waals surface area contributed by atoms with Crippen molar-refractivity contribution in [2.75, 3.05) is 19.8 Å². The maximum Gasteiger partial charge on any atom is 0.470 e. The van der Waals surface area contributed by atoms with Crippen molar-refractivity contribution in [3.63, 3.8) is 0 Å². The Balaban J connectivity index is 3.18. The van der Waals surface area contributed by atoms with Crippen LogP contribution in [-0.2, 0) is 18.6 Å². The van der Waals surface area contributed by atoms with E-state index in [-0.39, 0.29) is 6.61 Å². The minimum absolute atomic E-state index is 0.158. The summed E-state index contributed by atoms with van der Waals surface area (Å²) < 4.78 is 19.8. The van der Waals surface area contributed by atoms with Gasteiger partial charge in [-0.25, -0.2) is 4.57 Å². The molecule has 0 aromatic carbocycles. The van der Waals surface area contributed by atoms with Gasteiger partial charge in [-0.1, -0.05) is 103 Å². The van der Waals surface area contributed by atoms with Crippen LogP contribution in [0.15, 0.2) is 12.2 Å². The van der Waals surface area contributed by atoms with Crippen molar-refractivity contribution in [2.45, 2.75) is 122 Å². The first-order valence-corrected chi connectivity index (χ1v) is 14.4. The van der Waals surface area contributed by atoms with Crippen LogP contribution in [0.25, 0.3) is 0 Å². The predicted octanol–water partition coefficient (Wildman–Crippen LogP) is 7.28. The Labute approximate surface area is 196 Å². The molecule has 0 rings (SSSR count). The van der Waals surface area contributed by atoms with Crippen LogP contribution in [0.4, 0.5) is 0 Å². The molecular weight excluding hydrogens is 427 g/mol. The van der Waals surface area contributed by atoms with Gasteiger partial charge in [-0.2, -0.15) is 0 Å². The molecule has 0 fully saturated rings. The van der Waals surface area contributed by atoms with Crippen molar-refractivity contribution >= 4 is 13.6 Å².